The smallest absolute Gasteiger partial charge is 0.338 e. The van der Waals surface area contributed by atoms with E-state index in [0.29, 0.717) is 5.69 Å². The summed E-state index contributed by atoms with van der Waals surface area (Å²) in [5, 5.41) is 11.5. The van der Waals surface area contributed by atoms with Crippen LogP contribution in [-0.2, 0) is 4.79 Å². The minimum absolute atomic E-state index is 0.117. The maximum atomic E-state index is 13.2. The predicted octanol–water partition coefficient (Wildman–Crippen LogP) is 1.98. The lowest BCUT2D eigenvalue weighted by molar-refractivity contribution is -0.120. The Morgan fingerprint density at radius 3 is 2.50 bits per heavy atom. The SMILES string of the molecule is NC1CCC(C(=O)Nc2ccc(F)c(C(=O)O)c2)CC1. The van der Waals surface area contributed by atoms with E-state index in [4.69, 9.17) is 10.8 Å². The normalized spacial score (nSPS) is 22.3. The Morgan fingerprint density at radius 2 is 1.90 bits per heavy atom. The van der Waals surface area contributed by atoms with Gasteiger partial charge in [0.2, 0.25) is 5.91 Å². The highest BCUT2D eigenvalue weighted by molar-refractivity contribution is 5.95. The second-order valence-electron chi connectivity index (χ2n) is 5.10. The van der Waals surface area contributed by atoms with Gasteiger partial charge in [0, 0.05) is 17.6 Å². The lowest BCUT2D eigenvalue weighted by Crippen LogP contribution is -2.32. The van der Waals surface area contributed by atoms with Crippen molar-refractivity contribution in [1.82, 2.24) is 0 Å². The topological polar surface area (TPSA) is 92.4 Å². The second kappa shape index (κ2) is 6.00. The molecule has 1 aromatic rings. The second-order valence-corrected chi connectivity index (χ2v) is 5.10. The van der Waals surface area contributed by atoms with Gasteiger partial charge >= 0.3 is 5.97 Å². The Balaban J connectivity index is 2.04. The van der Waals surface area contributed by atoms with Crippen molar-refractivity contribution in [1.29, 1.82) is 0 Å². The molecule has 0 spiro atoms. The van der Waals surface area contributed by atoms with Crippen LogP contribution in [-0.4, -0.2) is 23.0 Å². The van der Waals surface area contributed by atoms with Gasteiger partial charge in [0.05, 0.1) is 5.56 Å². The van der Waals surface area contributed by atoms with Crippen LogP contribution in [0.25, 0.3) is 0 Å². The van der Waals surface area contributed by atoms with Crippen LogP contribution in [0.4, 0.5) is 10.1 Å². The average molecular weight is 280 g/mol. The molecule has 0 radical (unpaired) electrons. The van der Waals surface area contributed by atoms with Crippen LogP contribution >= 0.6 is 0 Å². The highest BCUT2D eigenvalue weighted by atomic mass is 19.1. The number of nitrogens with one attached hydrogen (secondary N) is 1. The molecule has 0 saturated heterocycles. The van der Waals surface area contributed by atoms with Crippen LogP contribution in [0.5, 0.6) is 0 Å². The van der Waals surface area contributed by atoms with Crippen LogP contribution in [0.15, 0.2) is 18.2 Å². The number of anilines is 1. The Bertz CT molecular complexity index is 525. The average Bonchev–Trinajstić information content (AvgIpc) is 2.41. The van der Waals surface area contributed by atoms with Crippen molar-refractivity contribution in [2.75, 3.05) is 5.32 Å². The molecule has 6 heteroatoms. The lowest BCUT2D eigenvalue weighted by atomic mass is 9.86. The lowest BCUT2D eigenvalue weighted by Gasteiger charge is -2.25. The van der Waals surface area contributed by atoms with Crippen molar-refractivity contribution in [3.05, 3.63) is 29.6 Å². The van der Waals surface area contributed by atoms with Crippen molar-refractivity contribution >= 4 is 17.6 Å². The number of carboxylic acid groups (broad SMARTS) is 1. The number of rotatable bonds is 3. The number of halogens is 1. The minimum atomic E-state index is -1.36. The zero-order chi connectivity index (χ0) is 14.7. The van der Waals surface area contributed by atoms with Gasteiger partial charge in [-0.2, -0.15) is 0 Å². The summed E-state index contributed by atoms with van der Waals surface area (Å²) in [5.41, 5.74) is 5.63. The standard InChI is InChI=1S/C14H17FN2O3/c15-12-6-5-10(7-11(12)14(19)20)17-13(18)8-1-3-9(16)4-2-8/h5-9H,1-4,16H2,(H,17,18)(H,19,20). The molecular weight excluding hydrogens is 263 g/mol. The Hall–Kier alpha value is -1.95. The number of aromatic carboxylic acids is 1. The molecule has 2 rings (SSSR count). The third kappa shape index (κ3) is 3.33. The largest absolute Gasteiger partial charge is 0.478 e. The Morgan fingerprint density at radius 1 is 1.25 bits per heavy atom. The molecule has 1 aliphatic carbocycles. The first kappa shape index (κ1) is 14.5. The third-order valence-corrected chi connectivity index (χ3v) is 3.61. The number of carbonyl (C=O) groups excluding carboxylic acids is 1. The number of nitrogens with two attached hydrogens (primary N) is 1. The maximum absolute atomic E-state index is 13.2. The zero-order valence-corrected chi connectivity index (χ0v) is 10.9. The van der Waals surface area contributed by atoms with E-state index < -0.39 is 17.3 Å². The molecular formula is C14H17FN2O3. The highest BCUT2D eigenvalue weighted by Crippen LogP contribution is 2.25. The van der Waals surface area contributed by atoms with Gasteiger partial charge in [-0.25, -0.2) is 9.18 Å². The molecule has 0 aromatic heterocycles. The third-order valence-electron chi connectivity index (χ3n) is 3.61. The first-order valence-electron chi connectivity index (χ1n) is 6.56. The molecule has 1 fully saturated rings. The van der Waals surface area contributed by atoms with E-state index in [0.717, 1.165) is 37.8 Å². The van der Waals surface area contributed by atoms with Crippen LogP contribution < -0.4 is 11.1 Å². The molecule has 1 aliphatic rings. The molecule has 0 bridgehead atoms. The van der Waals surface area contributed by atoms with Gasteiger partial charge in [0.1, 0.15) is 5.82 Å². The van der Waals surface area contributed by atoms with E-state index in [1.165, 1.54) is 6.07 Å². The monoisotopic (exact) mass is 280 g/mol. The van der Waals surface area contributed by atoms with Gasteiger partial charge in [-0.3, -0.25) is 4.79 Å². The summed E-state index contributed by atoms with van der Waals surface area (Å²) < 4.78 is 13.2. The minimum Gasteiger partial charge on any atom is -0.478 e. The van der Waals surface area contributed by atoms with Crippen molar-refractivity contribution in [3.8, 4) is 0 Å². The molecule has 20 heavy (non-hydrogen) atoms. The fourth-order valence-corrected chi connectivity index (χ4v) is 2.39. The predicted molar refractivity (Wildman–Crippen MR) is 71.9 cm³/mol. The number of carboxylic acids is 1. The number of hydrogen-bond acceptors (Lipinski definition) is 3. The fraction of sp³-hybridized carbons (Fsp3) is 0.429. The number of carbonyl (C=O) groups is 2. The quantitative estimate of drug-likeness (QED) is 0.789. The number of hydrogen-bond donors (Lipinski definition) is 3. The van der Waals surface area contributed by atoms with Crippen molar-refractivity contribution in [3.63, 3.8) is 0 Å². The van der Waals surface area contributed by atoms with E-state index >= 15 is 0 Å². The van der Waals surface area contributed by atoms with E-state index in [1.54, 1.807) is 0 Å². The van der Waals surface area contributed by atoms with Gasteiger partial charge in [-0.15, -0.1) is 0 Å². The number of amides is 1. The van der Waals surface area contributed by atoms with Crippen molar-refractivity contribution in [2.45, 2.75) is 31.7 Å². The Kier molecular flexibility index (Phi) is 4.34. The summed E-state index contributed by atoms with van der Waals surface area (Å²) >= 11 is 0. The van der Waals surface area contributed by atoms with Gasteiger partial charge in [0.15, 0.2) is 0 Å². The highest BCUT2D eigenvalue weighted by Gasteiger charge is 2.24. The molecule has 1 amide bonds. The van der Waals surface area contributed by atoms with E-state index in [9.17, 15) is 14.0 Å². The fourth-order valence-electron chi connectivity index (χ4n) is 2.39. The van der Waals surface area contributed by atoms with Gasteiger partial charge in [0.25, 0.3) is 0 Å². The zero-order valence-electron chi connectivity index (χ0n) is 10.9. The van der Waals surface area contributed by atoms with Crippen molar-refractivity contribution in [2.24, 2.45) is 11.7 Å². The summed E-state index contributed by atoms with van der Waals surface area (Å²) in [6, 6.07) is 3.68. The summed E-state index contributed by atoms with van der Waals surface area (Å²) in [6.07, 6.45) is 3.06. The van der Waals surface area contributed by atoms with Crippen LogP contribution in [0.1, 0.15) is 36.0 Å². The molecule has 5 nitrogen and oxygen atoms in total. The molecule has 0 heterocycles. The molecule has 0 unspecified atom stereocenters. The molecule has 0 atom stereocenters. The molecule has 1 aromatic carbocycles. The molecule has 0 aliphatic heterocycles. The maximum Gasteiger partial charge on any atom is 0.338 e. The summed E-state index contributed by atoms with van der Waals surface area (Å²) in [5.74, 6) is -2.46. The Labute approximate surface area is 116 Å². The molecule has 1 saturated carbocycles. The van der Waals surface area contributed by atoms with E-state index in [-0.39, 0.29) is 17.9 Å². The number of benzene rings is 1. The van der Waals surface area contributed by atoms with Crippen LogP contribution in [0.3, 0.4) is 0 Å². The summed E-state index contributed by atoms with van der Waals surface area (Å²) in [4.78, 5) is 22.9. The van der Waals surface area contributed by atoms with Gasteiger partial charge in [-0.1, -0.05) is 0 Å². The molecule has 4 N–H and O–H groups in total. The summed E-state index contributed by atoms with van der Waals surface area (Å²) in [7, 11) is 0. The first-order valence-corrected chi connectivity index (χ1v) is 6.56. The summed E-state index contributed by atoms with van der Waals surface area (Å²) in [6.45, 7) is 0. The van der Waals surface area contributed by atoms with Crippen molar-refractivity contribution < 1.29 is 19.1 Å². The van der Waals surface area contributed by atoms with Crippen LogP contribution in [0.2, 0.25) is 0 Å². The van der Waals surface area contributed by atoms with Crippen LogP contribution in [0, 0.1) is 11.7 Å². The van der Waals surface area contributed by atoms with Gasteiger partial charge in [-0.05, 0) is 43.9 Å². The first-order chi connectivity index (χ1) is 9.47. The van der Waals surface area contributed by atoms with E-state index in [2.05, 4.69) is 5.32 Å². The molecule has 108 valence electrons. The van der Waals surface area contributed by atoms with E-state index in [1.807, 2.05) is 0 Å². The van der Waals surface area contributed by atoms with Gasteiger partial charge < -0.3 is 16.2 Å².